The highest BCUT2D eigenvalue weighted by atomic mass is 32.2. The van der Waals surface area contributed by atoms with Crippen LogP contribution in [0.15, 0.2) is 41.4 Å². The number of aromatic nitrogens is 2. The van der Waals surface area contributed by atoms with Gasteiger partial charge in [0.15, 0.2) is 0 Å². The minimum Gasteiger partial charge on any atom is -0.379 e. The molecule has 2 N–H and O–H groups in total. The summed E-state index contributed by atoms with van der Waals surface area (Å²) < 4.78 is 27.7. The molecule has 0 amide bonds. The van der Waals surface area contributed by atoms with E-state index in [1.165, 1.54) is 32.7 Å². The maximum absolute atomic E-state index is 11.7. The van der Waals surface area contributed by atoms with Crippen LogP contribution in [-0.2, 0) is 16.6 Å². The van der Waals surface area contributed by atoms with E-state index in [1.54, 1.807) is 24.3 Å². The Hall–Kier alpha value is -1.86. The molecule has 3 rings (SSSR count). The predicted molar refractivity (Wildman–Crippen MR) is 89.7 cm³/mol. The lowest BCUT2D eigenvalue weighted by molar-refractivity contribution is 0.463. The molecular formula is C16H22N4O2S. The summed E-state index contributed by atoms with van der Waals surface area (Å²) in [6.45, 7) is 0.623. The maximum atomic E-state index is 11.7. The molecule has 1 heterocycles. The zero-order chi connectivity index (χ0) is 16.3. The number of nitrogens with zero attached hydrogens (tertiary/aromatic N) is 2. The van der Waals surface area contributed by atoms with Gasteiger partial charge >= 0.3 is 0 Å². The lowest BCUT2D eigenvalue weighted by atomic mass is 10.3. The number of hydrogen-bond donors (Lipinski definition) is 2. The molecule has 1 aromatic heterocycles. The number of hydrogen-bond acceptors (Lipinski definition) is 4. The van der Waals surface area contributed by atoms with Crippen molar-refractivity contribution >= 4 is 15.7 Å². The molecule has 0 aliphatic heterocycles. The first kappa shape index (κ1) is 16.0. The van der Waals surface area contributed by atoms with Gasteiger partial charge in [0.25, 0.3) is 0 Å². The zero-order valence-corrected chi connectivity index (χ0v) is 14.0. The molecule has 7 heteroatoms. The van der Waals surface area contributed by atoms with E-state index in [0.717, 1.165) is 11.4 Å². The Kier molecular flexibility index (Phi) is 4.68. The Balaban J connectivity index is 1.60. The number of anilines is 1. The molecular weight excluding hydrogens is 312 g/mol. The molecule has 1 aliphatic carbocycles. The van der Waals surface area contributed by atoms with Gasteiger partial charge in [0.1, 0.15) is 0 Å². The third-order valence-electron chi connectivity index (χ3n) is 4.27. The van der Waals surface area contributed by atoms with Gasteiger partial charge in [-0.2, -0.15) is 5.10 Å². The van der Waals surface area contributed by atoms with Crippen molar-refractivity contribution in [1.29, 1.82) is 0 Å². The Morgan fingerprint density at radius 2 is 1.87 bits per heavy atom. The summed E-state index contributed by atoms with van der Waals surface area (Å²) in [5, 5.41) is 7.90. The average Bonchev–Trinajstić information content (AvgIpc) is 3.24. The summed E-state index contributed by atoms with van der Waals surface area (Å²) in [7, 11) is -1.98. The van der Waals surface area contributed by atoms with Crippen LogP contribution >= 0.6 is 0 Å². The highest BCUT2D eigenvalue weighted by Crippen LogP contribution is 2.28. The third kappa shape index (κ3) is 3.73. The lowest BCUT2D eigenvalue weighted by Gasteiger charge is -2.09. The van der Waals surface area contributed by atoms with E-state index in [1.807, 2.05) is 6.07 Å². The molecule has 124 valence electrons. The van der Waals surface area contributed by atoms with Gasteiger partial charge in [-0.1, -0.05) is 12.8 Å². The van der Waals surface area contributed by atoms with Gasteiger partial charge in [-0.15, -0.1) is 0 Å². The van der Waals surface area contributed by atoms with E-state index in [2.05, 4.69) is 26.0 Å². The minimum atomic E-state index is -3.38. The lowest BCUT2D eigenvalue weighted by Crippen LogP contribution is -2.18. The van der Waals surface area contributed by atoms with Crippen LogP contribution in [0.3, 0.4) is 0 Å². The van der Waals surface area contributed by atoms with E-state index in [9.17, 15) is 8.42 Å². The molecule has 0 saturated heterocycles. The average molecular weight is 334 g/mol. The minimum absolute atomic E-state index is 0.260. The maximum Gasteiger partial charge on any atom is 0.240 e. The van der Waals surface area contributed by atoms with Gasteiger partial charge in [0.05, 0.1) is 23.2 Å². The molecule has 2 aromatic rings. The molecule has 1 aromatic carbocycles. The molecule has 0 bridgehead atoms. The van der Waals surface area contributed by atoms with Gasteiger partial charge in [-0.05, 0) is 50.2 Å². The van der Waals surface area contributed by atoms with Crippen molar-refractivity contribution in [3.8, 4) is 0 Å². The first-order valence-corrected chi connectivity index (χ1v) is 9.38. The van der Waals surface area contributed by atoms with Crippen LogP contribution in [0.4, 0.5) is 5.69 Å². The van der Waals surface area contributed by atoms with Gasteiger partial charge in [-0.3, -0.25) is 4.68 Å². The summed E-state index contributed by atoms with van der Waals surface area (Å²) in [6, 6.07) is 9.28. The fourth-order valence-electron chi connectivity index (χ4n) is 2.91. The van der Waals surface area contributed by atoms with Crippen LogP contribution in [-0.4, -0.2) is 25.2 Å². The third-order valence-corrected chi connectivity index (χ3v) is 5.70. The van der Waals surface area contributed by atoms with E-state index in [0.29, 0.717) is 12.6 Å². The van der Waals surface area contributed by atoms with E-state index in [-0.39, 0.29) is 4.90 Å². The van der Waals surface area contributed by atoms with Crippen molar-refractivity contribution in [2.45, 2.75) is 43.2 Å². The summed E-state index contributed by atoms with van der Waals surface area (Å²) in [6.07, 6.45) is 7.07. The van der Waals surface area contributed by atoms with Crippen molar-refractivity contribution in [3.63, 3.8) is 0 Å². The van der Waals surface area contributed by atoms with Crippen molar-refractivity contribution in [2.24, 2.45) is 0 Å². The smallest absolute Gasteiger partial charge is 0.240 e. The number of nitrogens with one attached hydrogen (secondary N) is 2. The van der Waals surface area contributed by atoms with Crippen molar-refractivity contribution in [1.82, 2.24) is 14.5 Å². The normalized spacial score (nSPS) is 15.9. The molecule has 1 aliphatic rings. The summed E-state index contributed by atoms with van der Waals surface area (Å²) in [5.41, 5.74) is 1.86. The van der Waals surface area contributed by atoms with E-state index < -0.39 is 10.0 Å². The van der Waals surface area contributed by atoms with Crippen LogP contribution < -0.4 is 10.0 Å². The summed E-state index contributed by atoms with van der Waals surface area (Å²) >= 11 is 0. The molecule has 0 unspecified atom stereocenters. The first-order valence-electron chi connectivity index (χ1n) is 7.90. The predicted octanol–water partition coefficient (Wildman–Crippen LogP) is 2.52. The van der Waals surface area contributed by atoms with Gasteiger partial charge in [-0.25, -0.2) is 13.1 Å². The number of sulfonamides is 1. The van der Waals surface area contributed by atoms with Crippen molar-refractivity contribution < 1.29 is 8.42 Å². The Morgan fingerprint density at radius 3 is 2.52 bits per heavy atom. The van der Waals surface area contributed by atoms with Crippen LogP contribution in [0.2, 0.25) is 0 Å². The van der Waals surface area contributed by atoms with Gasteiger partial charge in [0, 0.05) is 11.9 Å². The molecule has 23 heavy (non-hydrogen) atoms. The molecule has 6 nitrogen and oxygen atoms in total. The van der Waals surface area contributed by atoms with Crippen LogP contribution in [0.1, 0.15) is 37.4 Å². The van der Waals surface area contributed by atoms with Gasteiger partial charge in [0.2, 0.25) is 10.0 Å². The van der Waals surface area contributed by atoms with Crippen molar-refractivity contribution in [3.05, 3.63) is 42.2 Å². The quantitative estimate of drug-likeness (QED) is 0.851. The highest BCUT2D eigenvalue weighted by molar-refractivity contribution is 7.89. The Bertz CT molecular complexity index is 747. The van der Waals surface area contributed by atoms with E-state index >= 15 is 0 Å². The summed E-state index contributed by atoms with van der Waals surface area (Å²) in [5.74, 6) is 0. The molecule has 0 radical (unpaired) electrons. The second-order valence-corrected chi connectivity index (χ2v) is 7.70. The first-order chi connectivity index (χ1) is 11.1. The summed E-state index contributed by atoms with van der Waals surface area (Å²) in [4.78, 5) is 0.260. The Labute approximate surface area is 137 Å². The van der Waals surface area contributed by atoms with Crippen molar-refractivity contribution in [2.75, 3.05) is 12.4 Å². The molecule has 0 spiro atoms. The standard InChI is InChI=1S/C16H22N4O2S/c1-17-23(21,22)16-8-6-13(7-9-16)18-12-14-10-11-20(19-14)15-4-2-3-5-15/h6-11,15,17-18H,2-5,12H2,1H3. The zero-order valence-electron chi connectivity index (χ0n) is 13.2. The SMILES string of the molecule is CNS(=O)(=O)c1ccc(NCc2ccn(C3CCCC3)n2)cc1. The molecule has 0 atom stereocenters. The van der Waals surface area contributed by atoms with Crippen LogP contribution in [0.25, 0.3) is 0 Å². The fourth-order valence-corrected chi connectivity index (χ4v) is 3.64. The topological polar surface area (TPSA) is 76.0 Å². The second-order valence-electron chi connectivity index (χ2n) is 5.81. The fraction of sp³-hybridized carbons (Fsp3) is 0.438. The largest absolute Gasteiger partial charge is 0.379 e. The second kappa shape index (κ2) is 6.72. The van der Waals surface area contributed by atoms with E-state index in [4.69, 9.17) is 0 Å². The number of rotatable bonds is 6. The number of benzene rings is 1. The van der Waals surface area contributed by atoms with Gasteiger partial charge < -0.3 is 5.32 Å². The molecule has 1 fully saturated rings. The van der Waals surface area contributed by atoms with Crippen LogP contribution in [0.5, 0.6) is 0 Å². The monoisotopic (exact) mass is 334 g/mol. The molecule has 1 saturated carbocycles. The van der Waals surface area contributed by atoms with Crippen LogP contribution in [0, 0.1) is 0 Å². The highest BCUT2D eigenvalue weighted by Gasteiger charge is 2.17. The Morgan fingerprint density at radius 1 is 1.17 bits per heavy atom.